The number of hydrogen-bond acceptors (Lipinski definition) is 4. The van der Waals surface area contributed by atoms with Gasteiger partial charge in [-0.1, -0.05) is 24.3 Å². The maximum Gasteiger partial charge on any atom is 0.191 e. The van der Waals surface area contributed by atoms with Gasteiger partial charge in [0, 0.05) is 18.9 Å². The molecule has 1 aliphatic heterocycles. The second-order valence-electron chi connectivity index (χ2n) is 5.57. The van der Waals surface area contributed by atoms with Crippen LogP contribution in [0.5, 0.6) is 11.5 Å². The zero-order valence-electron chi connectivity index (χ0n) is 14.0. The predicted molar refractivity (Wildman–Crippen MR) is 97.9 cm³/mol. The number of pyridine rings is 1. The zero-order valence-corrected chi connectivity index (χ0v) is 14.0. The number of hydrogen-bond donors (Lipinski definition) is 2. The Morgan fingerprint density at radius 2 is 2.12 bits per heavy atom. The van der Waals surface area contributed by atoms with Crippen molar-refractivity contribution in [3.63, 3.8) is 0 Å². The molecule has 25 heavy (non-hydrogen) atoms. The van der Waals surface area contributed by atoms with Gasteiger partial charge in [0.2, 0.25) is 0 Å². The fourth-order valence-corrected chi connectivity index (χ4v) is 2.38. The standard InChI is InChI=1S/C19H22N4O2/c1-2-9-21-19(22-12-15-6-5-10-20-11-15)23-13-16-14-24-17-7-3-4-8-18(17)25-16/h2-8,10-11,16H,1,9,12-14H2,(H2,21,22,23). The van der Waals surface area contributed by atoms with Gasteiger partial charge in [-0.25, -0.2) is 4.99 Å². The first kappa shape index (κ1) is 16.8. The highest BCUT2D eigenvalue weighted by atomic mass is 16.6. The summed E-state index contributed by atoms with van der Waals surface area (Å²) in [6.07, 6.45) is 5.27. The molecular formula is C19H22N4O2. The van der Waals surface area contributed by atoms with E-state index in [0.717, 1.165) is 17.1 Å². The van der Waals surface area contributed by atoms with Crippen molar-refractivity contribution in [3.8, 4) is 11.5 Å². The number of para-hydroxylation sites is 2. The number of ether oxygens (including phenoxy) is 2. The van der Waals surface area contributed by atoms with Crippen LogP contribution >= 0.6 is 0 Å². The van der Waals surface area contributed by atoms with Gasteiger partial charge in [-0.2, -0.15) is 0 Å². The fourth-order valence-electron chi connectivity index (χ4n) is 2.38. The topological polar surface area (TPSA) is 67.8 Å². The highest BCUT2D eigenvalue weighted by Crippen LogP contribution is 2.30. The second kappa shape index (κ2) is 8.73. The number of aromatic nitrogens is 1. The van der Waals surface area contributed by atoms with Crippen molar-refractivity contribution >= 4 is 5.96 Å². The first-order valence-electron chi connectivity index (χ1n) is 8.25. The largest absolute Gasteiger partial charge is 0.486 e. The van der Waals surface area contributed by atoms with E-state index in [2.05, 4.69) is 27.2 Å². The van der Waals surface area contributed by atoms with E-state index in [0.29, 0.717) is 32.2 Å². The number of nitrogens with one attached hydrogen (secondary N) is 2. The Kier molecular flexibility index (Phi) is 5.87. The Hall–Kier alpha value is -3.02. The quantitative estimate of drug-likeness (QED) is 0.480. The Morgan fingerprint density at radius 3 is 2.92 bits per heavy atom. The summed E-state index contributed by atoms with van der Waals surface area (Å²) in [7, 11) is 0. The molecule has 1 aliphatic rings. The van der Waals surface area contributed by atoms with Gasteiger partial charge in [-0.15, -0.1) is 6.58 Å². The van der Waals surface area contributed by atoms with Crippen LogP contribution in [0.4, 0.5) is 0 Å². The number of rotatable bonds is 6. The van der Waals surface area contributed by atoms with Gasteiger partial charge in [0.1, 0.15) is 12.7 Å². The first-order valence-corrected chi connectivity index (χ1v) is 8.25. The molecule has 0 fully saturated rings. The molecule has 1 aromatic heterocycles. The van der Waals surface area contributed by atoms with E-state index in [1.807, 2.05) is 42.6 Å². The van der Waals surface area contributed by atoms with Gasteiger partial charge in [0.25, 0.3) is 0 Å². The van der Waals surface area contributed by atoms with Crippen LogP contribution < -0.4 is 20.1 Å². The lowest BCUT2D eigenvalue weighted by atomic mass is 10.2. The zero-order chi connectivity index (χ0) is 17.3. The highest BCUT2D eigenvalue weighted by Gasteiger charge is 2.20. The molecule has 130 valence electrons. The molecule has 1 unspecified atom stereocenters. The Labute approximate surface area is 147 Å². The molecule has 0 spiro atoms. The van der Waals surface area contributed by atoms with Crippen LogP contribution in [0.15, 0.2) is 66.4 Å². The van der Waals surface area contributed by atoms with Gasteiger partial charge in [-0.05, 0) is 23.8 Å². The second-order valence-corrected chi connectivity index (χ2v) is 5.57. The molecule has 0 radical (unpaired) electrons. The van der Waals surface area contributed by atoms with Crippen molar-refractivity contribution in [2.45, 2.75) is 12.6 Å². The highest BCUT2D eigenvalue weighted by molar-refractivity contribution is 5.79. The molecule has 0 amide bonds. The van der Waals surface area contributed by atoms with E-state index in [-0.39, 0.29) is 6.10 Å². The summed E-state index contributed by atoms with van der Waals surface area (Å²) < 4.78 is 11.7. The van der Waals surface area contributed by atoms with Crippen molar-refractivity contribution in [2.75, 3.05) is 19.7 Å². The van der Waals surface area contributed by atoms with E-state index < -0.39 is 0 Å². The Bertz CT molecular complexity index is 718. The minimum Gasteiger partial charge on any atom is -0.486 e. The van der Waals surface area contributed by atoms with Crippen LogP contribution in [0.25, 0.3) is 0 Å². The molecule has 6 nitrogen and oxygen atoms in total. The molecule has 2 heterocycles. The average molecular weight is 338 g/mol. The third kappa shape index (κ3) is 4.97. The molecule has 0 saturated heterocycles. The van der Waals surface area contributed by atoms with Crippen molar-refractivity contribution in [1.82, 2.24) is 15.6 Å². The van der Waals surface area contributed by atoms with E-state index in [9.17, 15) is 0 Å². The lowest BCUT2D eigenvalue weighted by Gasteiger charge is -2.27. The third-order valence-electron chi connectivity index (χ3n) is 3.62. The molecular weight excluding hydrogens is 316 g/mol. The predicted octanol–water partition coefficient (Wildman–Crippen LogP) is 2.14. The lowest BCUT2D eigenvalue weighted by molar-refractivity contribution is 0.0936. The monoisotopic (exact) mass is 338 g/mol. The number of guanidine groups is 1. The number of aliphatic imine (C=N–C) groups is 1. The minimum atomic E-state index is -0.0796. The molecule has 1 atom stereocenters. The van der Waals surface area contributed by atoms with Crippen LogP contribution in [0.1, 0.15) is 5.56 Å². The van der Waals surface area contributed by atoms with Gasteiger partial charge >= 0.3 is 0 Å². The lowest BCUT2D eigenvalue weighted by Crippen LogP contribution is -2.45. The summed E-state index contributed by atoms with van der Waals surface area (Å²) in [4.78, 5) is 8.67. The van der Waals surface area contributed by atoms with Crippen LogP contribution in [-0.4, -0.2) is 36.7 Å². The first-order chi connectivity index (χ1) is 12.3. The normalized spacial score (nSPS) is 16.2. The summed E-state index contributed by atoms with van der Waals surface area (Å²) in [5, 5.41) is 6.49. The van der Waals surface area contributed by atoms with E-state index in [4.69, 9.17) is 9.47 Å². The van der Waals surface area contributed by atoms with Crippen molar-refractivity contribution in [2.24, 2.45) is 4.99 Å². The number of nitrogens with zero attached hydrogens (tertiary/aromatic N) is 2. The molecule has 0 bridgehead atoms. The van der Waals surface area contributed by atoms with Gasteiger partial charge < -0.3 is 20.1 Å². The van der Waals surface area contributed by atoms with Crippen LogP contribution in [-0.2, 0) is 6.54 Å². The summed E-state index contributed by atoms with van der Waals surface area (Å²) in [6, 6.07) is 11.6. The fraction of sp³-hybridized carbons (Fsp3) is 0.263. The number of fused-ring (bicyclic) bond motifs is 1. The summed E-state index contributed by atoms with van der Waals surface area (Å²) in [5.74, 6) is 2.26. The molecule has 1 aromatic carbocycles. The van der Waals surface area contributed by atoms with Crippen LogP contribution in [0.2, 0.25) is 0 Å². The van der Waals surface area contributed by atoms with E-state index in [1.165, 1.54) is 0 Å². The molecule has 0 saturated carbocycles. The number of benzene rings is 1. The Balaban J connectivity index is 1.56. The molecule has 6 heteroatoms. The SMILES string of the molecule is C=CCNC(=NCc1cccnc1)NCC1COc2ccccc2O1. The van der Waals surface area contributed by atoms with Gasteiger partial charge in [0.15, 0.2) is 17.5 Å². The van der Waals surface area contributed by atoms with Crippen LogP contribution in [0, 0.1) is 0 Å². The van der Waals surface area contributed by atoms with E-state index >= 15 is 0 Å². The Morgan fingerprint density at radius 1 is 1.24 bits per heavy atom. The summed E-state index contributed by atoms with van der Waals surface area (Å²) in [6.45, 7) is 5.99. The molecule has 3 rings (SSSR count). The van der Waals surface area contributed by atoms with Crippen molar-refractivity contribution in [3.05, 3.63) is 67.0 Å². The van der Waals surface area contributed by atoms with Gasteiger partial charge in [-0.3, -0.25) is 4.98 Å². The molecule has 0 aliphatic carbocycles. The maximum atomic E-state index is 5.95. The molecule has 2 N–H and O–H groups in total. The molecule has 2 aromatic rings. The third-order valence-corrected chi connectivity index (χ3v) is 3.62. The summed E-state index contributed by atoms with van der Waals surface area (Å²) in [5.41, 5.74) is 1.05. The van der Waals surface area contributed by atoms with Crippen LogP contribution in [0.3, 0.4) is 0 Å². The average Bonchev–Trinajstić information content (AvgIpc) is 2.68. The van der Waals surface area contributed by atoms with E-state index in [1.54, 1.807) is 12.3 Å². The maximum absolute atomic E-state index is 5.95. The smallest absolute Gasteiger partial charge is 0.191 e. The minimum absolute atomic E-state index is 0.0796. The van der Waals surface area contributed by atoms with Gasteiger partial charge in [0.05, 0.1) is 13.1 Å². The van der Waals surface area contributed by atoms with Crippen molar-refractivity contribution < 1.29 is 9.47 Å². The summed E-state index contributed by atoms with van der Waals surface area (Å²) >= 11 is 0. The van der Waals surface area contributed by atoms with Crippen molar-refractivity contribution in [1.29, 1.82) is 0 Å².